The number of pyridine rings is 1. The molecule has 5 rings (SSSR count). The fourth-order valence-corrected chi connectivity index (χ4v) is 6.01. The number of imidazole rings is 1. The van der Waals surface area contributed by atoms with Gasteiger partial charge in [0, 0.05) is 38.2 Å². The monoisotopic (exact) mass is 578 g/mol. The lowest BCUT2D eigenvalue weighted by Gasteiger charge is -2.17. The number of nitrogens with zero attached hydrogens (tertiary/aromatic N) is 3. The van der Waals surface area contributed by atoms with Crippen molar-refractivity contribution in [1.29, 1.82) is 0 Å². The van der Waals surface area contributed by atoms with E-state index in [1.54, 1.807) is 52.7 Å². The van der Waals surface area contributed by atoms with E-state index < -0.39 is 10.0 Å². The van der Waals surface area contributed by atoms with Crippen LogP contribution in [0, 0.1) is 0 Å². The molecule has 12 heteroatoms. The lowest BCUT2D eigenvalue weighted by molar-refractivity contribution is 0.355. The quantitative estimate of drug-likeness (QED) is 0.280. The molecule has 0 atom stereocenters. The number of rotatable bonds is 9. The van der Waals surface area contributed by atoms with Gasteiger partial charge in [0.2, 0.25) is 0 Å². The van der Waals surface area contributed by atoms with Crippen molar-refractivity contribution < 1.29 is 27.4 Å². The molecule has 5 aromatic rings. The molecule has 0 spiro atoms. The number of benzene rings is 3. The predicted octanol–water partition coefficient (Wildman–Crippen LogP) is 3.85. The fraction of sp³-hybridized carbons (Fsp3) is 0.241. The fourth-order valence-electron chi connectivity index (χ4n) is 4.90. The number of methoxy groups -OCH3 is 4. The molecule has 0 bridgehead atoms. The van der Waals surface area contributed by atoms with Gasteiger partial charge in [-0.2, -0.15) is 0 Å². The van der Waals surface area contributed by atoms with Crippen LogP contribution >= 0.6 is 0 Å². The van der Waals surface area contributed by atoms with E-state index in [9.17, 15) is 13.2 Å². The highest BCUT2D eigenvalue weighted by molar-refractivity contribution is 7.92. The van der Waals surface area contributed by atoms with Crippen LogP contribution in [-0.4, -0.2) is 51.0 Å². The van der Waals surface area contributed by atoms with Crippen LogP contribution in [-0.2, 0) is 30.5 Å². The number of fused-ring (bicyclic) bond motifs is 2. The van der Waals surface area contributed by atoms with Gasteiger partial charge in [-0.25, -0.2) is 13.2 Å². The lowest BCUT2D eigenvalue weighted by Crippen LogP contribution is -2.19. The number of anilines is 1. The van der Waals surface area contributed by atoms with Gasteiger partial charge in [0.15, 0.2) is 23.0 Å². The van der Waals surface area contributed by atoms with E-state index in [1.165, 1.54) is 35.5 Å². The first kappa shape index (κ1) is 27.8. The largest absolute Gasteiger partial charge is 0.493 e. The third-order valence-electron chi connectivity index (χ3n) is 7.12. The molecule has 41 heavy (non-hydrogen) atoms. The smallest absolute Gasteiger partial charge is 0.328 e. The van der Waals surface area contributed by atoms with E-state index in [-0.39, 0.29) is 17.0 Å². The summed E-state index contributed by atoms with van der Waals surface area (Å²) in [4.78, 5) is 17.0. The Balaban J connectivity index is 1.61. The van der Waals surface area contributed by atoms with Crippen molar-refractivity contribution in [3.05, 3.63) is 76.5 Å². The molecule has 11 nitrogen and oxygen atoms in total. The summed E-state index contributed by atoms with van der Waals surface area (Å²) in [5, 5.41) is 1.71. The Kier molecular flexibility index (Phi) is 7.26. The summed E-state index contributed by atoms with van der Waals surface area (Å²) in [6, 6.07) is 13.4. The second kappa shape index (κ2) is 10.7. The molecule has 1 N–H and O–H groups in total. The maximum atomic E-state index is 13.7. The van der Waals surface area contributed by atoms with Crippen molar-refractivity contribution in [1.82, 2.24) is 14.1 Å². The van der Waals surface area contributed by atoms with Crippen LogP contribution in [0.3, 0.4) is 0 Å². The summed E-state index contributed by atoms with van der Waals surface area (Å²) >= 11 is 0. The number of aryl methyl sites for hydroxylation is 2. The van der Waals surface area contributed by atoms with Crippen LogP contribution in [0.5, 0.6) is 23.0 Å². The minimum atomic E-state index is -4.07. The molecule has 2 aromatic heterocycles. The highest BCUT2D eigenvalue weighted by atomic mass is 32.2. The van der Waals surface area contributed by atoms with Gasteiger partial charge >= 0.3 is 5.69 Å². The third-order valence-corrected chi connectivity index (χ3v) is 8.48. The second-order valence-corrected chi connectivity index (χ2v) is 11.1. The molecule has 0 amide bonds. The zero-order chi connectivity index (χ0) is 29.5. The molecule has 0 aliphatic rings. The number of sulfonamides is 1. The highest BCUT2D eigenvalue weighted by Crippen LogP contribution is 2.38. The summed E-state index contributed by atoms with van der Waals surface area (Å²) in [7, 11) is 5.29. The van der Waals surface area contributed by atoms with Gasteiger partial charge in [-0.3, -0.25) is 18.8 Å². The molecular formula is C29H30N4O7S. The van der Waals surface area contributed by atoms with E-state index in [1.807, 2.05) is 18.2 Å². The number of nitrogens with one attached hydrogen (secondary N) is 1. The molecule has 0 radical (unpaired) electrons. The minimum Gasteiger partial charge on any atom is -0.493 e. The summed E-state index contributed by atoms with van der Waals surface area (Å²) in [6.07, 6.45) is 1.95. The Hall–Kier alpha value is -4.71. The molecule has 2 heterocycles. The van der Waals surface area contributed by atoms with Gasteiger partial charge in [0.05, 0.1) is 55.7 Å². The molecule has 3 aromatic carbocycles. The first-order valence-electron chi connectivity index (χ1n) is 12.5. The van der Waals surface area contributed by atoms with Crippen molar-refractivity contribution in [3.8, 4) is 23.0 Å². The minimum absolute atomic E-state index is 0.00653. The zero-order valence-electron chi connectivity index (χ0n) is 23.5. The standard InChI is InChI=1S/C29H30N4O7S/c1-32-23-8-7-19(14-24(23)33(2)29(32)34)41(35,36)31-21-16-28(40-6)26(38-4)13-18(21)11-22-20-15-27(39-5)25(37-3)12-17(20)9-10-30-22/h7-10,12-16,31H,11H2,1-6H3. The SMILES string of the molecule is COc1cc(Cc2nccc3cc(OC)c(OC)cc23)c(NS(=O)(=O)c2ccc3c(c2)n(C)c(=O)n3C)cc1OC. The van der Waals surface area contributed by atoms with E-state index in [0.717, 1.165) is 10.8 Å². The maximum absolute atomic E-state index is 13.7. The molecule has 0 aliphatic heterocycles. The molecule has 0 fully saturated rings. The van der Waals surface area contributed by atoms with Crippen LogP contribution in [0.1, 0.15) is 11.3 Å². The maximum Gasteiger partial charge on any atom is 0.328 e. The molecule has 0 unspecified atom stereocenters. The highest BCUT2D eigenvalue weighted by Gasteiger charge is 2.22. The molecule has 0 saturated heterocycles. The zero-order valence-corrected chi connectivity index (χ0v) is 24.3. The van der Waals surface area contributed by atoms with Crippen LogP contribution < -0.4 is 29.4 Å². The van der Waals surface area contributed by atoms with E-state index >= 15 is 0 Å². The Morgan fingerprint density at radius 2 is 1.39 bits per heavy atom. The normalized spacial score (nSPS) is 11.6. The van der Waals surface area contributed by atoms with Gasteiger partial charge in [0.25, 0.3) is 10.0 Å². The van der Waals surface area contributed by atoms with Crippen molar-refractivity contribution in [2.75, 3.05) is 33.2 Å². The Labute approximate surface area is 236 Å². The van der Waals surface area contributed by atoms with Crippen molar-refractivity contribution in [2.45, 2.75) is 11.3 Å². The number of ether oxygens (including phenoxy) is 4. The molecular weight excluding hydrogens is 548 g/mol. The molecule has 0 aliphatic carbocycles. The first-order chi connectivity index (χ1) is 19.6. The molecule has 0 saturated carbocycles. The molecule has 214 valence electrons. The van der Waals surface area contributed by atoms with Crippen LogP contribution in [0.4, 0.5) is 5.69 Å². The van der Waals surface area contributed by atoms with Crippen LogP contribution in [0.15, 0.2) is 64.4 Å². The van der Waals surface area contributed by atoms with E-state index in [0.29, 0.717) is 51.0 Å². The van der Waals surface area contributed by atoms with Crippen molar-refractivity contribution in [3.63, 3.8) is 0 Å². The average Bonchev–Trinajstić information content (AvgIpc) is 3.20. The topological polar surface area (TPSA) is 123 Å². The van der Waals surface area contributed by atoms with Crippen LogP contribution in [0.25, 0.3) is 21.8 Å². The first-order valence-corrected chi connectivity index (χ1v) is 14.0. The lowest BCUT2D eigenvalue weighted by atomic mass is 10.0. The second-order valence-electron chi connectivity index (χ2n) is 9.38. The average molecular weight is 579 g/mol. The number of hydrogen-bond acceptors (Lipinski definition) is 8. The predicted molar refractivity (Wildman–Crippen MR) is 156 cm³/mol. The summed E-state index contributed by atoms with van der Waals surface area (Å²) in [5.41, 5.74) is 2.46. The third kappa shape index (κ3) is 4.91. The Morgan fingerprint density at radius 1 is 0.780 bits per heavy atom. The van der Waals surface area contributed by atoms with E-state index in [4.69, 9.17) is 18.9 Å². The summed E-state index contributed by atoms with van der Waals surface area (Å²) in [6.45, 7) is 0. The number of aromatic nitrogens is 3. The van der Waals surface area contributed by atoms with Gasteiger partial charge in [-0.1, -0.05) is 0 Å². The number of hydrogen-bond donors (Lipinski definition) is 1. The van der Waals surface area contributed by atoms with Crippen LogP contribution in [0.2, 0.25) is 0 Å². The van der Waals surface area contributed by atoms with Gasteiger partial charge in [-0.05, 0) is 53.4 Å². The van der Waals surface area contributed by atoms with Crippen molar-refractivity contribution >= 4 is 37.5 Å². The summed E-state index contributed by atoms with van der Waals surface area (Å²) in [5.74, 6) is 1.93. The Bertz CT molecular complexity index is 1960. The summed E-state index contributed by atoms with van der Waals surface area (Å²) < 4.78 is 54.8. The van der Waals surface area contributed by atoms with Crippen molar-refractivity contribution in [2.24, 2.45) is 14.1 Å². The van der Waals surface area contributed by atoms with Gasteiger partial charge in [0.1, 0.15) is 0 Å². The van der Waals surface area contributed by atoms with Gasteiger partial charge in [-0.15, -0.1) is 0 Å². The Morgan fingerprint density at radius 3 is 2.07 bits per heavy atom. The van der Waals surface area contributed by atoms with E-state index in [2.05, 4.69) is 9.71 Å². The van der Waals surface area contributed by atoms with Gasteiger partial charge < -0.3 is 18.9 Å².